The van der Waals surface area contributed by atoms with Gasteiger partial charge in [0.25, 0.3) is 0 Å². The van der Waals surface area contributed by atoms with Crippen molar-refractivity contribution in [2.45, 2.75) is 89.4 Å². The Morgan fingerprint density at radius 3 is 2.20 bits per heavy atom. The molecular formula is C39H36N10. The summed E-state index contributed by atoms with van der Waals surface area (Å²) in [6.45, 7) is 6.12. The lowest BCUT2D eigenvalue weighted by molar-refractivity contribution is 0.324. The number of aromatic nitrogens is 8. The molecule has 2 aromatic carbocycles. The van der Waals surface area contributed by atoms with Crippen molar-refractivity contribution in [1.29, 1.82) is 10.5 Å². The molecule has 3 fully saturated rings. The number of nitrogens with zero attached hydrogens (tertiary/aromatic N) is 10. The first kappa shape index (κ1) is 29.6. The summed E-state index contributed by atoms with van der Waals surface area (Å²) >= 11 is 0. The average molecular weight is 645 g/mol. The van der Waals surface area contributed by atoms with Crippen LogP contribution in [0.4, 0.5) is 0 Å². The summed E-state index contributed by atoms with van der Waals surface area (Å²) in [6.07, 6.45) is 11.6. The van der Waals surface area contributed by atoms with Crippen molar-refractivity contribution < 1.29 is 0 Å². The van der Waals surface area contributed by atoms with Crippen LogP contribution in [0.5, 0.6) is 0 Å². The molecule has 4 heterocycles. The largest absolute Gasteiger partial charge is 0.238 e. The molecule has 3 aliphatic carbocycles. The second-order valence-corrected chi connectivity index (χ2v) is 14.3. The Balaban J connectivity index is 1.16. The van der Waals surface area contributed by atoms with Crippen LogP contribution in [-0.2, 0) is 30.1 Å². The van der Waals surface area contributed by atoms with Crippen molar-refractivity contribution in [1.82, 2.24) is 39.5 Å². The zero-order chi connectivity index (χ0) is 33.5. The van der Waals surface area contributed by atoms with Gasteiger partial charge >= 0.3 is 0 Å². The number of hydrogen-bond acceptors (Lipinski definition) is 8. The van der Waals surface area contributed by atoms with Crippen LogP contribution in [-0.4, -0.2) is 39.5 Å². The first-order valence-electron chi connectivity index (χ1n) is 17.4. The zero-order valence-electron chi connectivity index (χ0n) is 28.0. The van der Waals surface area contributed by atoms with E-state index in [4.69, 9.17) is 25.1 Å². The quantitative estimate of drug-likeness (QED) is 0.175. The number of benzene rings is 2. The average Bonchev–Trinajstić information content (AvgIpc) is 3.88. The highest BCUT2D eigenvalue weighted by Crippen LogP contribution is 2.78. The normalized spacial score (nSPS) is 19.9. The first-order chi connectivity index (χ1) is 23.8. The third-order valence-electron chi connectivity index (χ3n) is 11.4. The second kappa shape index (κ2) is 10.5. The van der Waals surface area contributed by atoms with Gasteiger partial charge in [0.05, 0.1) is 46.4 Å². The molecule has 0 unspecified atom stereocenters. The summed E-state index contributed by atoms with van der Waals surface area (Å²) in [5, 5.41) is 32.1. The van der Waals surface area contributed by atoms with Gasteiger partial charge in [0.1, 0.15) is 11.6 Å². The predicted molar refractivity (Wildman–Crippen MR) is 184 cm³/mol. The SMILES string of the molecule is CCc1cc(-n2ncc3ccc([C@]4(C#N)CC45CC5)cc32)nc(Cc2cc(C3(C#N)CCC3)cc3c2cnn3-c2cc(C)nc(CC)n2)n1. The highest BCUT2D eigenvalue weighted by Gasteiger charge is 2.75. The first-order valence-corrected chi connectivity index (χ1v) is 17.4. The maximum absolute atomic E-state index is 10.4. The van der Waals surface area contributed by atoms with Gasteiger partial charge in [-0.15, -0.1) is 0 Å². The van der Waals surface area contributed by atoms with E-state index < -0.39 is 5.41 Å². The second-order valence-electron chi connectivity index (χ2n) is 14.3. The van der Waals surface area contributed by atoms with Crippen molar-refractivity contribution in [3.05, 3.63) is 94.6 Å². The summed E-state index contributed by atoms with van der Waals surface area (Å²) < 4.78 is 3.77. The van der Waals surface area contributed by atoms with Gasteiger partial charge in [0, 0.05) is 47.1 Å². The van der Waals surface area contributed by atoms with Gasteiger partial charge in [-0.3, -0.25) is 0 Å². The molecule has 0 aliphatic heterocycles. The van der Waals surface area contributed by atoms with Crippen molar-refractivity contribution in [3.8, 4) is 23.8 Å². The van der Waals surface area contributed by atoms with E-state index in [1.165, 1.54) is 0 Å². The summed E-state index contributed by atoms with van der Waals surface area (Å²) in [4.78, 5) is 19.5. The molecule has 6 aromatic rings. The lowest BCUT2D eigenvalue weighted by Gasteiger charge is -2.36. The van der Waals surface area contributed by atoms with Crippen LogP contribution in [0.25, 0.3) is 33.4 Å². The monoisotopic (exact) mass is 644 g/mol. The van der Waals surface area contributed by atoms with E-state index in [2.05, 4.69) is 54.4 Å². The van der Waals surface area contributed by atoms with Crippen molar-refractivity contribution in [2.75, 3.05) is 0 Å². The van der Waals surface area contributed by atoms with E-state index >= 15 is 0 Å². The Labute approximate surface area is 284 Å². The minimum Gasteiger partial charge on any atom is -0.238 e. The summed E-state index contributed by atoms with van der Waals surface area (Å²) in [5.74, 6) is 2.87. The van der Waals surface area contributed by atoms with Gasteiger partial charge < -0.3 is 0 Å². The summed E-state index contributed by atoms with van der Waals surface area (Å²) in [5.41, 5.74) is 6.05. The van der Waals surface area contributed by atoms with Gasteiger partial charge in [-0.1, -0.05) is 32.0 Å². The minimum atomic E-state index is -0.515. The molecule has 10 heteroatoms. The molecule has 4 aromatic heterocycles. The van der Waals surface area contributed by atoms with E-state index in [9.17, 15) is 10.5 Å². The third kappa shape index (κ3) is 4.43. The molecule has 1 spiro atoms. The molecule has 242 valence electrons. The van der Waals surface area contributed by atoms with Gasteiger partial charge in [-0.05, 0) is 86.1 Å². The molecule has 0 N–H and O–H groups in total. The van der Waals surface area contributed by atoms with Crippen LogP contribution >= 0.6 is 0 Å². The maximum Gasteiger partial charge on any atom is 0.158 e. The van der Waals surface area contributed by atoms with Crippen molar-refractivity contribution >= 4 is 21.8 Å². The molecule has 0 bridgehead atoms. The van der Waals surface area contributed by atoms with E-state index in [1.807, 2.05) is 47.7 Å². The lowest BCUT2D eigenvalue weighted by atomic mass is 9.65. The fraction of sp³-hybridized carbons (Fsp3) is 0.385. The Kier molecular flexibility index (Phi) is 6.36. The standard InChI is InChI=1S/C39H36N10/c1-4-29-18-36(48-31-16-27(8-7-25(31)19-42-48)39(23-41)21-38(39)11-12-38)47-34(45-29)15-26-14-28(37(22-40)9-6-10-37)17-32-30(26)20-43-49(32)35-13-24(3)44-33(5-2)46-35/h7-8,13-14,16-20H,4-6,9-12,15,21H2,1-3H3/t39-/m1/s1. The van der Waals surface area contributed by atoms with Crippen LogP contribution in [0.3, 0.4) is 0 Å². The number of nitriles is 2. The van der Waals surface area contributed by atoms with Crippen molar-refractivity contribution in [2.24, 2.45) is 5.41 Å². The number of rotatable bonds is 8. The molecular weight excluding hydrogens is 608 g/mol. The lowest BCUT2D eigenvalue weighted by Crippen LogP contribution is -2.32. The summed E-state index contributed by atoms with van der Waals surface area (Å²) in [7, 11) is 0. The van der Waals surface area contributed by atoms with E-state index in [0.29, 0.717) is 18.1 Å². The third-order valence-corrected chi connectivity index (χ3v) is 11.4. The van der Waals surface area contributed by atoms with Crippen LogP contribution in [0.15, 0.2) is 54.9 Å². The molecule has 10 nitrogen and oxygen atoms in total. The topological polar surface area (TPSA) is 135 Å². The van der Waals surface area contributed by atoms with E-state index in [-0.39, 0.29) is 10.8 Å². The molecule has 9 rings (SSSR count). The van der Waals surface area contributed by atoms with Crippen LogP contribution in [0.2, 0.25) is 0 Å². The molecule has 0 saturated heterocycles. The summed E-state index contributed by atoms with van der Waals surface area (Å²) in [6, 6.07) is 19.9. The predicted octanol–water partition coefficient (Wildman–Crippen LogP) is 6.86. The van der Waals surface area contributed by atoms with Gasteiger partial charge in [0.2, 0.25) is 0 Å². The smallest absolute Gasteiger partial charge is 0.158 e. The number of fused-ring (bicyclic) bond motifs is 2. The van der Waals surface area contributed by atoms with E-state index in [0.717, 1.165) is 113 Å². The maximum atomic E-state index is 10.4. The highest BCUT2D eigenvalue weighted by atomic mass is 15.3. The Hall–Kier alpha value is -5.48. The van der Waals surface area contributed by atoms with Gasteiger partial charge in [-0.25, -0.2) is 29.3 Å². The fourth-order valence-electron chi connectivity index (χ4n) is 8.07. The zero-order valence-corrected chi connectivity index (χ0v) is 28.0. The van der Waals surface area contributed by atoms with Crippen LogP contribution < -0.4 is 0 Å². The molecule has 3 saturated carbocycles. The van der Waals surface area contributed by atoms with Crippen LogP contribution in [0.1, 0.15) is 92.1 Å². The number of aryl methyl sites for hydroxylation is 3. The minimum absolute atomic E-state index is 0.180. The Morgan fingerprint density at radius 2 is 1.51 bits per heavy atom. The van der Waals surface area contributed by atoms with Crippen LogP contribution in [0, 0.1) is 35.0 Å². The molecule has 1 atom stereocenters. The van der Waals surface area contributed by atoms with Crippen molar-refractivity contribution in [3.63, 3.8) is 0 Å². The Bertz CT molecular complexity index is 2410. The fourth-order valence-corrected chi connectivity index (χ4v) is 8.07. The molecule has 0 radical (unpaired) electrons. The van der Waals surface area contributed by atoms with Gasteiger partial charge in [0.15, 0.2) is 11.6 Å². The Morgan fingerprint density at radius 1 is 0.755 bits per heavy atom. The highest BCUT2D eigenvalue weighted by molar-refractivity contribution is 5.85. The molecule has 49 heavy (non-hydrogen) atoms. The molecule has 0 amide bonds. The molecule has 3 aliphatic rings. The van der Waals surface area contributed by atoms with Gasteiger partial charge in [-0.2, -0.15) is 20.7 Å². The van der Waals surface area contributed by atoms with E-state index in [1.54, 1.807) is 0 Å². The number of hydrogen-bond donors (Lipinski definition) is 0.